The summed E-state index contributed by atoms with van der Waals surface area (Å²) in [5.41, 5.74) is 4.73. The van der Waals surface area contributed by atoms with Gasteiger partial charge in [-0.2, -0.15) is 0 Å². The number of pyridine rings is 1. The highest BCUT2D eigenvalue weighted by Gasteiger charge is 2.27. The molecule has 0 atom stereocenters. The number of rotatable bonds is 4. The van der Waals surface area contributed by atoms with Crippen LogP contribution >= 0.6 is 0 Å². The maximum absolute atomic E-state index is 12.6. The zero-order valence-electron chi connectivity index (χ0n) is 16.9. The normalized spacial score (nSPS) is 14.9. The molecule has 6 heteroatoms. The van der Waals surface area contributed by atoms with Crippen molar-refractivity contribution < 1.29 is 9.59 Å². The van der Waals surface area contributed by atoms with Crippen LogP contribution < -0.4 is 5.32 Å². The summed E-state index contributed by atoms with van der Waals surface area (Å²) in [5, 5.41) is 3.01. The van der Waals surface area contributed by atoms with E-state index in [0.29, 0.717) is 38.0 Å². The number of nitrogens with zero attached hydrogens (tertiary/aromatic N) is 3. The Morgan fingerprint density at radius 2 is 1.69 bits per heavy atom. The van der Waals surface area contributed by atoms with Gasteiger partial charge in [0.25, 0.3) is 5.91 Å². The van der Waals surface area contributed by atoms with Crippen LogP contribution in [0.25, 0.3) is 5.65 Å². The van der Waals surface area contributed by atoms with Gasteiger partial charge in [-0.05, 0) is 50.5 Å². The number of hydrogen-bond acceptors (Lipinski definition) is 3. The van der Waals surface area contributed by atoms with E-state index in [1.807, 2.05) is 71.9 Å². The van der Waals surface area contributed by atoms with E-state index in [9.17, 15) is 9.59 Å². The summed E-state index contributed by atoms with van der Waals surface area (Å²) in [6, 6.07) is 11.6. The van der Waals surface area contributed by atoms with Gasteiger partial charge in [-0.3, -0.25) is 9.59 Å². The number of piperidine rings is 1. The van der Waals surface area contributed by atoms with E-state index < -0.39 is 0 Å². The molecular weight excluding hydrogens is 364 g/mol. The molecular formula is C23H26N4O2. The third kappa shape index (κ3) is 4.31. The fourth-order valence-electron chi connectivity index (χ4n) is 3.79. The Morgan fingerprint density at radius 3 is 2.41 bits per heavy atom. The van der Waals surface area contributed by atoms with E-state index in [2.05, 4.69) is 10.3 Å². The second kappa shape index (κ2) is 8.07. The van der Waals surface area contributed by atoms with Gasteiger partial charge < -0.3 is 14.6 Å². The zero-order valence-corrected chi connectivity index (χ0v) is 16.9. The quantitative estimate of drug-likeness (QED) is 0.744. The number of aromatic nitrogens is 2. The Bertz CT molecular complexity index is 1030. The summed E-state index contributed by atoms with van der Waals surface area (Å²) in [6.07, 6.45) is 5.35. The van der Waals surface area contributed by atoms with Crippen molar-refractivity contribution in [1.29, 1.82) is 0 Å². The van der Waals surface area contributed by atoms with Gasteiger partial charge >= 0.3 is 0 Å². The molecule has 0 unspecified atom stereocenters. The first-order chi connectivity index (χ1) is 14.0. The average Bonchev–Trinajstić information content (AvgIpc) is 3.14. The van der Waals surface area contributed by atoms with Crippen LogP contribution in [0.4, 0.5) is 0 Å². The van der Waals surface area contributed by atoms with Crippen molar-refractivity contribution in [1.82, 2.24) is 19.6 Å². The van der Waals surface area contributed by atoms with Crippen molar-refractivity contribution in [3.05, 3.63) is 71.2 Å². The number of carbonyl (C=O) groups is 2. The number of amides is 2. The minimum atomic E-state index is -0.0589. The van der Waals surface area contributed by atoms with Crippen LogP contribution in [0.1, 0.15) is 40.0 Å². The van der Waals surface area contributed by atoms with Crippen LogP contribution in [0.2, 0.25) is 0 Å². The molecule has 1 aromatic carbocycles. The number of hydrogen-bond donors (Lipinski definition) is 1. The van der Waals surface area contributed by atoms with E-state index in [4.69, 9.17) is 0 Å². The number of likely N-dealkylation sites (tertiary alicyclic amines) is 1. The molecule has 6 nitrogen and oxygen atoms in total. The summed E-state index contributed by atoms with van der Waals surface area (Å²) in [6.45, 7) is 5.68. The van der Waals surface area contributed by atoms with Crippen molar-refractivity contribution in [2.24, 2.45) is 5.92 Å². The monoisotopic (exact) mass is 390 g/mol. The highest BCUT2D eigenvalue weighted by molar-refractivity contribution is 5.94. The first-order valence-corrected chi connectivity index (χ1v) is 10.1. The number of fused-ring (bicyclic) bond motifs is 1. The molecule has 29 heavy (non-hydrogen) atoms. The molecule has 0 bridgehead atoms. The highest BCUT2D eigenvalue weighted by atomic mass is 16.2. The minimum Gasteiger partial charge on any atom is -0.350 e. The molecule has 3 aromatic rings. The Morgan fingerprint density at radius 1 is 1.00 bits per heavy atom. The van der Waals surface area contributed by atoms with Gasteiger partial charge in [-0.1, -0.05) is 23.8 Å². The molecule has 0 aliphatic carbocycles. The fraction of sp³-hybridized carbons (Fsp3) is 0.348. The van der Waals surface area contributed by atoms with Gasteiger partial charge in [-0.25, -0.2) is 4.98 Å². The van der Waals surface area contributed by atoms with Crippen LogP contribution in [0, 0.1) is 19.8 Å². The number of imidazole rings is 1. The van der Waals surface area contributed by atoms with Gasteiger partial charge in [0.15, 0.2) is 0 Å². The number of nitrogens with one attached hydrogen (secondary N) is 1. The number of benzene rings is 1. The van der Waals surface area contributed by atoms with Gasteiger partial charge in [0, 0.05) is 37.0 Å². The van der Waals surface area contributed by atoms with Crippen molar-refractivity contribution in [2.45, 2.75) is 33.2 Å². The highest BCUT2D eigenvalue weighted by Crippen LogP contribution is 2.20. The first kappa shape index (κ1) is 19.2. The molecule has 2 amide bonds. The summed E-state index contributed by atoms with van der Waals surface area (Å²) in [7, 11) is 0. The Labute approximate surface area is 170 Å². The van der Waals surface area contributed by atoms with Gasteiger partial charge in [-0.15, -0.1) is 0 Å². The lowest BCUT2D eigenvalue weighted by Crippen LogP contribution is -2.42. The summed E-state index contributed by atoms with van der Waals surface area (Å²) < 4.78 is 1.98. The van der Waals surface area contributed by atoms with Crippen molar-refractivity contribution in [2.75, 3.05) is 13.1 Å². The summed E-state index contributed by atoms with van der Waals surface area (Å²) >= 11 is 0. The van der Waals surface area contributed by atoms with E-state index in [0.717, 1.165) is 22.5 Å². The third-order valence-electron chi connectivity index (χ3n) is 5.54. The Kier molecular flexibility index (Phi) is 5.34. The van der Waals surface area contributed by atoms with Crippen molar-refractivity contribution in [3.8, 4) is 0 Å². The largest absolute Gasteiger partial charge is 0.350 e. The SMILES string of the molecule is Cc1ccc(C(=O)N2CCC(C(=O)NCc3cn4cc(C)ccc4n3)CC2)cc1. The van der Waals surface area contributed by atoms with E-state index in [1.165, 1.54) is 0 Å². The van der Waals surface area contributed by atoms with Crippen LogP contribution in [0.5, 0.6) is 0 Å². The molecule has 1 N–H and O–H groups in total. The van der Waals surface area contributed by atoms with Crippen LogP contribution in [-0.2, 0) is 11.3 Å². The van der Waals surface area contributed by atoms with E-state index >= 15 is 0 Å². The lowest BCUT2D eigenvalue weighted by Gasteiger charge is -2.31. The number of aryl methyl sites for hydroxylation is 2. The molecule has 2 aromatic heterocycles. The fourth-order valence-corrected chi connectivity index (χ4v) is 3.79. The summed E-state index contributed by atoms with van der Waals surface area (Å²) in [5.74, 6) is 0.0286. The van der Waals surface area contributed by atoms with Crippen molar-refractivity contribution >= 4 is 17.5 Å². The second-order valence-corrected chi connectivity index (χ2v) is 7.85. The molecule has 0 spiro atoms. The predicted octanol–water partition coefficient (Wildman–Crippen LogP) is 3.12. The van der Waals surface area contributed by atoms with Crippen LogP contribution in [0.3, 0.4) is 0 Å². The molecule has 0 saturated carbocycles. The van der Waals surface area contributed by atoms with E-state index in [-0.39, 0.29) is 17.7 Å². The first-order valence-electron chi connectivity index (χ1n) is 10.1. The maximum Gasteiger partial charge on any atom is 0.253 e. The number of carbonyl (C=O) groups excluding carboxylic acids is 2. The van der Waals surface area contributed by atoms with Gasteiger partial charge in [0.05, 0.1) is 12.2 Å². The minimum absolute atomic E-state index is 0.0423. The van der Waals surface area contributed by atoms with E-state index in [1.54, 1.807) is 0 Å². The zero-order chi connectivity index (χ0) is 20.4. The molecule has 1 aliphatic heterocycles. The lowest BCUT2D eigenvalue weighted by molar-refractivity contribution is -0.126. The van der Waals surface area contributed by atoms with Gasteiger partial charge in [0.1, 0.15) is 5.65 Å². The molecule has 3 heterocycles. The lowest BCUT2D eigenvalue weighted by atomic mass is 9.95. The molecule has 1 saturated heterocycles. The molecule has 0 radical (unpaired) electrons. The van der Waals surface area contributed by atoms with Gasteiger partial charge in [0.2, 0.25) is 5.91 Å². The molecule has 4 rings (SSSR count). The van der Waals surface area contributed by atoms with Crippen LogP contribution in [-0.4, -0.2) is 39.2 Å². The topological polar surface area (TPSA) is 66.7 Å². The summed E-state index contributed by atoms with van der Waals surface area (Å²) in [4.78, 5) is 31.6. The Hall–Kier alpha value is -3.15. The van der Waals surface area contributed by atoms with Crippen molar-refractivity contribution in [3.63, 3.8) is 0 Å². The molecule has 1 fully saturated rings. The molecule has 150 valence electrons. The Balaban J connectivity index is 1.29. The molecule has 1 aliphatic rings. The predicted molar refractivity (Wildman–Crippen MR) is 112 cm³/mol. The smallest absolute Gasteiger partial charge is 0.253 e. The second-order valence-electron chi connectivity index (χ2n) is 7.85. The average molecular weight is 390 g/mol. The third-order valence-corrected chi connectivity index (χ3v) is 5.54. The maximum atomic E-state index is 12.6. The standard InChI is InChI=1S/C23H26N4O2/c1-16-3-6-19(7-4-16)23(29)26-11-9-18(10-12-26)22(28)24-13-20-15-27-14-17(2)5-8-21(27)25-20/h3-8,14-15,18H,9-13H2,1-2H3,(H,24,28). The van der Waals surface area contributed by atoms with Crippen LogP contribution in [0.15, 0.2) is 48.8 Å².